The third kappa shape index (κ3) is 4.58. The average molecular weight is 368 g/mol. The van der Waals surface area contributed by atoms with Crippen LogP contribution in [-0.2, 0) is 11.2 Å². The van der Waals surface area contributed by atoms with Gasteiger partial charge < -0.3 is 5.11 Å². The molecule has 0 saturated heterocycles. The van der Waals surface area contributed by atoms with Gasteiger partial charge in [-0.3, -0.25) is 4.79 Å². The molecular weight excluding hydrogens is 356 g/mol. The van der Waals surface area contributed by atoms with Crippen LogP contribution in [0.15, 0.2) is 52.0 Å². The molecule has 0 bridgehead atoms. The molecule has 0 spiro atoms. The summed E-state index contributed by atoms with van der Waals surface area (Å²) < 4.78 is 0.711. The first-order valence-electron chi connectivity index (χ1n) is 6.10. The van der Waals surface area contributed by atoms with E-state index in [0.717, 1.165) is 5.56 Å². The summed E-state index contributed by atoms with van der Waals surface area (Å²) in [5.41, 5.74) is 3.72. The number of rotatable bonds is 4. The van der Waals surface area contributed by atoms with E-state index in [-0.39, 0.29) is 23.1 Å². The molecule has 2 aromatic carbocycles. The van der Waals surface area contributed by atoms with Crippen molar-refractivity contribution in [3.8, 4) is 5.75 Å². The van der Waals surface area contributed by atoms with E-state index in [1.54, 1.807) is 12.1 Å². The first-order valence-corrected chi connectivity index (χ1v) is 7.27. The zero-order valence-electron chi connectivity index (χ0n) is 10.9. The Morgan fingerprint density at radius 1 is 1.33 bits per heavy atom. The molecule has 0 aromatic heterocycles. The average Bonchev–Trinajstić information content (AvgIpc) is 2.45. The molecule has 0 fully saturated rings. The number of amides is 1. The van der Waals surface area contributed by atoms with Crippen LogP contribution in [0.1, 0.15) is 11.1 Å². The van der Waals surface area contributed by atoms with Crippen molar-refractivity contribution in [2.24, 2.45) is 5.10 Å². The van der Waals surface area contributed by atoms with Crippen molar-refractivity contribution in [3.63, 3.8) is 0 Å². The number of halogens is 2. The first kappa shape index (κ1) is 15.5. The molecule has 2 rings (SSSR count). The van der Waals surface area contributed by atoms with Crippen LogP contribution in [0.4, 0.5) is 0 Å². The van der Waals surface area contributed by atoms with Gasteiger partial charge >= 0.3 is 0 Å². The van der Waals surface area contributed by atoms with E-state index in [0.29, 0.717) is 10.0 Å². The van der Waals surface area contributed by atoms with Gasteiger partial charge in [0.15, 0.2) is 0 Å². The Morgan fingerprint density at radius 3 is 2.76 bits per heavy atom. The molecule has 0 saturated carbocycles. The second kappa shape index (κ2) is 7.24. The van der Waals surface area contributed by atoms with E-state index in [4.69, 9.17) is 11.6 Å². The van der Waals surface area contributed by atoms with E-state index in [2.05, 4.69) is 26.5 Å². The molecule has 21 heavy (non-hydrogen) atoms. The summed E-state index contributed by atoms with van der Waals surface area (Å²) in [6, 6.07) is 12.6. The molecule has 108 valence electrons. The van der Waals surface area contributed by atoms with Gasteiger partial charge in [0.25, 0.3) is 0 Å². The molecular formula is C15H12BrClN2O2. The third-order valence-corrected chi connectivity index (χ3v) is 3.40. The maximum Gasteiger partial charge on any atom is 0.244 e. The lowest BCUT2D eigenvalue weighted by Gasteiger charge is -2.03. The predicted molar refractivity (Wildman–Crippen MR) is 86.7 cm³/mol. The van der Waals surface area contributed by atoms with Crippen LogP contribution in [0.25, 0.3) is 0 Å². The predicted octanol–water partition coefficient (Wildman–Crippen LogP) is 3.50. The number of phenols is 1. The van der Waals surface area contributed by atoms with Crippen LogP contribution in [0, 0.1) is 0 Å². The highest BCUT2D eigenvalue weighted by molar-refractivity contribution is 9.10. The van der Waals surface area contributed by atoms with Gasteiger partial charge in [0.1, 0.15) is 5.75 Å². The van der Waals surface area contributed by atoms with E-state index < -0.39 is 0 Å². The number of phenolic OH excluding ortho intramolecular Hbond substituents is 1. The van der Waals surface area contributed by atoms with E-state index in [1.807, 2.05) is 30.3 Å². The minimum absolute atomic E-state index is 0.0825. The van der Waals surface area contributed by atoms with Crippen LogP contribution in [-0.4, -0.2) is 17.2 Å². The Labute approximate surface area is 135 Å². The number of nitrogens with one attached hydrogen (secondary N) is 1. The van der Waals surface area contributed by atoms with Gasteiger partial charge in [-0.05, 0) is 17.7 Å². The van der Waals surface area contributed by atoms with Crippen molar-refractivity contribution in [1.82, 2.24) is 5.43 Å². The fraction of sp³-hybridized carbons (Fsp3) is 0.0667. The normalized spacial score (nSPS) is 10.8. The Balaban J connectivity index is 1.98. The Hall–Kier alpha value is -1.85. The zero-order chi connectivity index (χ0) is 15.2. The van der Waals surface area contributed by atoms with Crippen LogP contribution in [0.5, 0.6) is 5.75 Å². The maximum atomic E-state index is 11.7. The zero-order valence-corrected chi connectivity index (χ0v) is 13.2. The maximum absolute atomic E-state index is 11.7. The Morgan fingerprint density at radius 2 is 2.05 bits per heavy atom. The smallest absolute Gasteiger partial charge is 0.244 e. The highest BCUT2D eigenvalue weighted by Gasteiger charge is 2.06. The van der Waals surface area contributed by atoms with Gasteiger partial charge in [0, 0.05) is 10.0 Å². The van der Waals surface area contributed by atoms with E-state index >= 15 is 0 Å². The van der Waals surface area contributed by atoms with Crippen molar-refractivity contribution < 1.29 is 9.90 Å². The first-order chi connectivity index (χ1) is 10.1. The van der Waals surface area contributed by atoms with Gasteiger partial charge in [0.05, 0.1) is 17.7 Å². The molecule has 0 unspecified atom stereocenters. The van der Waals surface area contributed by atoms with Gasteiger partial charge in [-0.2, -0.15) is 5.10 Å². The molecule has 0 heterocycles. The lowest BCUT2D eigenvalue weighted by Crippen LogP contribution is -2.19. The van der Waals surface area contributed by atoms with Crippen LogP contribution in [0.2, 0.25) is 5.02 Å². The largest absolute Gasteiger partial charge is 0.506 e. The minimum Gasteiger partial charge on any atom is -0.506 e. The number of benzene rings is 2. The quantitative estimate of drug-likeness (QED) is 0.642. The van der Waals surface area contributed by atoms with Crippen LogP contribution < -0.4 is 5.43 Å². The van der Waals surface area contributed by atoms with E-state index in [9.17, 15) is 9.90 Å². The summed E-state index contributed by atoms with van der Waals surface area (Å²) in [4.78, 5) is 11.7. The summed E-state index contributed by atoms with van der Waals surface area (Å²) in [7, 11) is 0. The van der Waals surface area contributed by atoms with E-state index in [1.165, 1.54) is 6.21 Å². The standard InChI is InChI=1S/C15H12BrClN2O2/c16-12-7-11(15(21)13(17)8-12)9-18-19-14(20)6-10-4-2-1-3-5-10/h1-5,7-9,21H,6H2,(H,19,20)/b18-9+. The number of carbonyl (C=O) groups is 1. The SMILES string of the molecule is O=C(Cc1ccccc1)N/N=C/c1cc(Br)cc(Cl)c1O. The molecule has 2 aromatic rings. The second-order valence-electron chi connectivity index (χ2n) is 4.28. The number of aromatic hydroxyl groups is 1. The molecule has 0 aliphatic heterocycles. The fourth-order valence-electron chi connectivity index (χ4n) is 1.68. The molecule has 6 heteroatoms. The van der Waals surface area contributed by atoms with Gasteiger partial charge in [-0.25, -0.2) is 5.43 Å². The fourth-order valence-corrected chi connectivity index (χ4v) is 2.51. The molecule has 0 radical (unpaired) electrons. The molecule has 0 atom stereocenters. The van der Waals surface area contributed by atoms with Crippen molar-refractivity contribution in [1.29, 1.82) is 0 Å². The summed E-state index contributed by atoms with van der Waals surface area (Å²) in [6.45, 7) is 0. The highest BCUT2D eigenvalue weighted by atomic mass is 79.9. The van der Waals surface area contributed by atoms with Gasteiger partial charge in [0.2, 0.25) is 5.91 Å². The number of hydrogen-bond acceptors (Lipinski definition) is 3. The van der Waals surface area contributed by atoms with Crippen molar-refractivity contribution in [2.45, 2.75) is 6.42 Å². The number of hydrogen-bond donors (Lipinski definition) is 2. The molecule has 0 aliphatic carbocycles. The minimum atomic E-state index is -0.238. The number of carbonyl (C=O) groups excluding carboxylic acids is 1. The monoisotopic (exact) mass is 366 g/mol. The summed E-state index contributed by atoms with van der Waals surface area (Å²) in [5, 5.41) is 13.8. The Kier molecular flexibility index (Phi) is 5.36. The van der Waals surface area contributed by atoms with Crippen LogP contribution >= 0.6 is 27.5 Å². The number of nitrogens with zero attached hydrogens (tertiary/aromatic N) is 1. The lowest BCUT2D eigenvalue weighted by molar-refractivity contribution is -0.120. The van der Waals surface area contributed by atoms with Crippen molar-refractivity contribution >= 4 is 39.7 Å². The second-order valence-corrected chi connectivity index (χ2v) is 5.60. The van der Waals surface area contributed by atoms with Gasteiger partial charge in [-0.1, -0.05) is 57.9 Å². The summed E-state index contributed by atoms with van der Waals surface area (Å²) in [5.74, 6) is -0.320. The molecule has 0 aliphatic rings. The van der Waals surface area contributed by atoms with Crippen molar-refractivity contribution in [2.75, 3.05) is 0 Å². The number of hydrazone groups is 1. The van der Waals surface area contributed by atoms with Gasteiger partial charge in [-0.15, -0.1) is 0 Å². The third-order valence-electron chi connectivity index (χ3n) is 2.66. The Bertz CT molecular complexity index is 675. The summed E-state index contributed by atoms with van der Waals surface area (Å²) in [6.07, 6.45) is 1.58. The molecule has 2 N–H and O–H groups in total. The molecule has 4 nitrogen and oxygen atoms in total. The summed E-state index contributed by atoms with van der Waals surface area (Å²) >= 11 is 9.11. The lowest BCUT2D eigenvalue weighted by atomic mass is 10.1. The molecule has 1 amide bonds. The topological polar surface area (TPSA) is 61.7 Å². The van der Waals surface area contributed by atoms with Crippen molar-refractivity contribution in [3.05, 3.63) is 63.1 Å². The highest BCUT2D eigenvalue weighted by Crippen LogP contribution is 2.30. The van der Waals surface area contributed by atoms with Crippen LogP contribution in [0.3, 0.4) is 0 Å².